The van der Waals surface area contributed by atoms with Crippen LogP contribution in [-0.2, 0) is 20.2 Å². The minimum absolute atomic E-state index is 0.0274. The highest BCUT2D eigenvalue weighted by Gasteiger charge is 2.29. The number of nitrogens with one attached hydrogen (secondary N) is 2. The first kappa shape index (κ1) is 32.6. The monoisotopic (exact) mass is 631 g/mol. The Bertz CT molecular complexity index is 1720. The van der Waals surface area contributed by atoms with E-state index in [1.807, 2.05) is 18.4 Å². The predicted molar refractivity (Wildman–Crippen MR) is 179 cm³/mol. The number of anilines is 3. The summed E-state index contributed by atoms with van der Waals surface area (Å²) in [5, 5.41) is 5.63. The maximum Gasteiger partial charge on any atom is 0.264 e. The number of rotatable bonds is 11. The van der Waals surface area contributed by atoms with Crippen LogP contribution >= 0.6 is 11.8 Å². The molecule has 10 heteroatoms. The van der Waals surface area contributed by atoms with E-state index in [2.05, 4.69) is 31.4 Å². The van der Waals surface area contributed by atoms with E-state index in [1.165, 1.54) is 23.9 Å². The van der Waals surface area contributed by atoms with Gasteiger partial charge in [0.05, 0.1) is 17.2 Å². The summed E-state index contributed by atoms with van der Waals surface area (Å²) in [5.41, 5.74) is 2.73. The van der Waals surface area contributed by atoms with E-state index in [9.17, 15) is 18.0 Å². The number of sulfonamides is 1. The molecule has 0 saturated heterocycles. The van der Waals surface area contributed by atoms with Crippen molar-refractivity contribution >= 4 is 50.7 Å². The molecular weight excluding hydrogens is 595 g/mol. The summed E-state index contributed by atoms with van der Waals surface area (Å²) in [4.78, 5) is 27.2. The Morgan fingerprint density at radius 3 is 2.09 bits per heavy atom. The van der Waals surface area contributed by atoms with E-state index in [-0.39, 0.29) is 21.9 Å². The SMILES string of the molecule is CCOc1ccccc1N(CC(=O)Nc1cccc(NC(=O)c2ccc(C(C)(C)C)cc2)c1)S(=O)(=O)c1ccc(SC)cc1. The van der Waals surface area contributed by atoms with E-state index in [0.29, 0.717) is 29.3 Å². The summed E-state index contributed by atoms with van der Waals surface area (Å²) in [7, 11) is -4.15. The molecule has 230 valence electrons. The largest absolute Gasteiger partial charge is 0.492 e. The van der Waals surface area contributed by atoms with Gasteiger partial charge in [-0.05, 0) is 90.9 Å². The fraction of sp³-hybridized carbons (Fsp3) is 0.235. The van der Waals surface area contributed by atoms with Crippen LogP contribution < -0.4 is 19.7 Å². The summed E-state index contributed by atoms with van der Waals surface area (Å²) in [6, 6.07) is 27.3. The number of thioether (sulfide) groups is 1. The maximum atomic E-state index is 13.9. The van der Waals surface area contributed by atoms with Crippen molar-refractivity contribution in [3.63, 3.8) is 0 Å². The van der Waals surface area contributed by atoms with Gasteiger partial charge < -0.3 is 15.4 Å². The van der Waals surface area contributed by atoms with Gasteiger partial charge in [0.1, 0.15) is 12.3 Å². The molecule has 0 saturated carbocycles. The average Bonchev–Trinajstić information content (AvgIpc) is 3.00. The maximum absolute atomic E-state index is 13.9. The van der Waals surface area contributed by atoms with Crippen LogP contribution in [0.2, 0.25) is 0 Å². The number of benzene rings is 4. The van der Waals surface area contributed by atoms with Gasteiger partial charge in [0.25, 0.3) is 15.9 Å². The molecule has 0 heterocycles. The number of amides is 2. The van der Waals surface area contributed by atoms with Gasteiger partial charge in [-0.25, -0.2) is 8.42 Å². The van der Waals surface area contributed by atoms with Crippen molar-refractivity contribution in [2.24, 2.45) is 0 Å². The highest BCUT2D eigenvalue weighted by Crippen LogP contribution is 2.33. The van der Waals surface area contributed by atoms with Gasteiger partial charge in [-0.1, -0.05) is 51.1 Å². The number of carbonyl (C=O) groups excluding carboxylic acids is 2. The molecule has 0 aliphatic heterocycles. The lowest BCUT2D eigenvalue weighted by Gasteiger charge is -2.26. The molecule has 0 aliphatic rings. The molecule has 0 spiro atoms. The smallest absolute Gasteiger partial charge is 0.264 e. The molecule has 0 bridgehead atoms. The van der Waals surface area contributed by atoms with Crippen molar-refractivity contribution in [3.8, 4) is 5.75 Å². The number of carbonyl (C=O) groups is 2. The fourth-order valence-electron chi connectivity index (χ4n) is 4.45. The molecule has 8 nitrogen and oxygen atoms in total. The second-order valence-corrected chi connectivity index (χ2v) is 13.7. The van der Waals surface area contributed by atoms with Crippen LogP contribution in [0.5, 0.6) is 5.75 Å². The Labute approximate surface area is 263 Å². The Balaban J connectivity index is 1.55. The van der Waals surface area contributed by atoms with Crippen LogP contribution in [0.1, 0.15) is 43.6 Å². The second-order valence-electron chi connectivity index (χ2n) is 11.0. The number of hydrogen-bond donors (Lipinski definition) is 2. The Kier molecular flexibility index (Phi) is 10.4. The molecule has 4 aromatic carbocycles. The second kappa shape index (κ2) is 14.0. The minimum Gasteiger partial charge on any atom is -0.492 e. The fourth-order valence-corrected chi connectivity index (χ4v) is 6.29. The van der Waals surface area contributed by atoms with Crippen molar-refractivity contribution in [2.45, 2.75) is 42.9 Å². The van der Waals surface area contributed by atoms with E-state index in [4.69, 9.17) is 4.74 Å². The lowest BCUT2D eigenvalue weighted by molar-refractivity contribution is -0.114. The third-order valence-electron chi connectivity index (χ3n) is 6.79. The molecule has 4 aromatic rings. The first-order valence-electron chi connectivity index (χ1n) is 14.1. The van der Waals surface area contributed by atoms with Crippen molar-refractivity contribution in [2.75, 3.05) is 34.3 Å². The lowest BCUT2D eigenvalue weighted by Crippen LogP contribution is -2.38. The van der Waals surface area contributed by atoms with Crippen LogP contribution in [0, 0.1) is 0 Å². The quantitative estimate of drug-likeness (QED) is 0.170. The zero-order valence-corrected chi connectivity index (χ0v) is 27.1. The van der Waals surface area contributed by atoms with E-state index < -0.39 is 22.5 Å². The summed E-state index contributed by atoms with van der Waals surface area (Å²) in [6.07, 6.45) is 1.91. The van der Waals surface area contributed by atoms with Gasteiger partial charge in [-0.15, -0.1) is 11.8 Å². The molecule has 4 rings (SSSR count). The van der Waals surface area contributed by atoms with Crippen LogP contribution in [0.15, 0.2) is 107 Å². The van der Waals surface area contributed by atoms with Crippen molar-refractivity contribution < 1.29 is 22.7 Å². The molecule has 0 aliphatic carbocycles. The van der Waals surface area contributed by atoms with Crippen molar-refractivity contribution in [1.29, 1.82) is 0 Å². The van der Waals surface area contributed by atoms with Crippen molar-refractivity contribution in [1.82, 2.24) is 0 Å². The van der Waals surface area contributed by atoms with Gasteiger partial charge >= 0.3 is 0 Å². The molecule has 0 unspecified atom stereocenters. The molecule has 44 heavy (non-hydrogen) atoms. The standard InChI is InChI=1S/C34H37N3O5S2/c1-6-42-31-13-8-7-12-30(31)37(44(40,41)29-20-18-28(43-5)19-21-29)23-32(38)35-26-10-9-11-27(22-26)36-33(39)24-14-16-25(17-15-24)34(2,3)4/h7-22H,6,23H2,1-5H3,(H,35,38)(H,36,39). The normalized spacial score (nSPS) is 11.5. The minimum atomic E-state index is -4.15. The average molecular weight is 632 g/mol. The van der Waals surface area contributed by atoms with Gasteiger partial charge in [0, 0.05) is 21.8 Å². The summed E-state index contributed by atoms with van der Waals surface area (Å²) in [5.74, 6) is -0.513. The third kappa shape index (κ3) is 8.00. The molecular formula is C34H37N3O5S2. The molecule has 0 aromatic heterocycles. The zero-order valence-electron chi connectivity index (χ0n) is 25.5. The van der Waals surface area contributed by atoms with Crippen LogP contribution in [0.3, 0.4) is 0 Å². The van der Waals surface area contributed by atoms with Gasteiger partial charge in [0.15, 0.2) is 0 Å². The van der Waals surface area contributed by atoms with Crippen LogP contribution in [-0.4, -0.2) is 39.6 Å². The highest BCUT2D eigenvalue weighted by molar-refractivity contribution is 7.98. The van der Waals surface area contributed by atoms with Gasteiger partial charge in [-0.3, -0.25) is 13.9 Å². The molecule has 0 fully saturated rings. The first-order valence-corrected chi connectivity index (χ1v) is 16.8. The topological polar surface area (TPSA) is 105 Å². The molecule has 2 amide bonds. The summed E-state index contributed by atoms with van der Waals surface area (Å²) < 4.78 is 34.6. The van der Waals surface area contributed by atoms with E-state index in [0.717, 1.165) is 14.8 Å². The van der Waals surface area contributed by atoms with Crippen LogP contribution in [0.4, 0.5) is 17.1 Å². The number of nitrogens with zero attached hydrogens (tertiary/aromatic N) is 1. The zero-order chi connectivity index (χ0) is 31.9. The van der Waals surface area contributed by atoms with Crippen molar-refractivity contribution in [3.05, 3.63) is 108 Å². The summed E-state index contributed by atoms with van der Waals surface area (Å²) in [6.45, 7) is 7.94. The molecule has 0 atom stereocenters. The molecule has 0 radical (unpaired) electrons. The van der Waals surface area contributed by atoms with E-state index in [1.54, 1.807) is 79.7 Å². The third-order valence-corrected chi connectivity index (χ3v) is 9.30. The lowest BCUT2D eigenvalue weighted by atomic mass is 9.87. The Morgan fingerprint density at radius 1 is 0.841 bits per heavy atom. The summed E-state index contributed by atoms with van der Waals surface area (Å²) >= 11 is 1.50. The first-order chi connectivity index (χ1) is 20.9. The number of ether oxygens (including phenoxy) is 1. The molecule has 2 N–H and O–H groups in total. The highest BCUT2D eigenvalue weighted by atomic mass is 32.2. The Hall–Kier alpha value is -4.28. The van der Waals surface area contributed by atoms with Gasteiger partial charge in [-0.2, -0.15) is 0 Å². The number of para-hydroxylation sites is 2. The van der Waals surface area contributed by atoms with Crippen LogP contribution in [0.25, 0.3) is 0 Å². The van der Waals surface area contributed by atoms with E-state index >= 15 is 0 Å². The number of hydrogen-bond acceptors (Lipinski definition) is 6. The van der Waals surface area contributed by atoms with Gasteiger partial charge in [0.2, 0.25) is 5.91 Å². The predicted octanol–water partition coefficient (Wildman–Crippen LogP) is 7.19. The Morgan fingerprint density at radius 2 is 1.48 bits per heavy atom.